The van der Waals surface area contributed by atoms with Crippen molar-refractivity contribution in [1.82, 2.24) is 0 Å². The maximum atomic E-state index is 12.7. The zero-order valence-corrected chi connectivity index (χ0v) is 41.1. The fraction of sp³-hybridized carbons (Fsp3) is 0.920. The van der Waals surface area contributed by atoms with E-state index in [0.29, 0.717) is 23.9 Å². The molecule has 9 nitrogen and oxygen atoms in total. The molecule has 2 unspecified atom stereocenters. The molecule has 0 saturated carbocycles. The Morgan fingerprint density at radius 3 is 1.23 bits per heavy atom. The molecule has 356 valence electrons. The van der Waals surface area contributed by atoms with Crippen molar-refractivity contribution >= 4 is 19.8 Å². The molecule has 0 aliphatic rings. The van der Waals surface area contributed by atoms with Crippen molar-refractivity contribution in [2.75, 3.05) is 47.5 Å². The normalized spacial score (nSPS) is 13.5. The minimum Gasteiger partial charge on any atom is -0.462 e. The van der Waals surface area contributed by atoms with Gasteiger partial charge >= 0.3 is 19.8 Å². The summed E-state index contributed by atoms with van der Waals surface area (Å²) in [5, 5.41) is 0. The second-order valence-electron chi connectivity index (χ2n) is 18.6. The molecule has 0 bridgehead atoms. The summed E-state index contributed by atoms with van der Waals surface area (Å²) in [7, 11) is 1.48. The largest absolute Gasteiger partial charge is 0.472 e. The molecule has 0 aromatic rings. The van der Waals surface area contributed by atoms with Crippen LogP contribution < -0.4 is 0 Å². The van der Waals surface area contributed by atoms with Crippen LogP contribution in [0.3, 0.4) is 0 Å². The van der Waals surface area contributed by atoms with Gasteiger partial charge in [-0.05, 0) is 38.5 Å². The third-order valence-corrected chi connectivity index (χ3v) is 12.3. The van der Waals surface area contributed by atoms with E-state index in [1.54, 1.807) is 0 Å². The van der Waals surface area contributed by atoms with E-state index < -0.39 is 26.5 Å². The zero-order chi connectivity index (χ0) is 44.3. The molecule has 0 rings (SSSR count). The summed E-state index contributed by atoms with van der Waals surface area (Å²) in [5.41, 5.74) is 0. The fourth-order valence-corrected chi connectivity index (χ4v) is 8.05. The van der Waals surface area contributed by atoms with Crippen LogP contribution in [0, 0.1) is 0 Å². The van der Waals surface area contributed by atoms with Gasteiger partial charge in [-0.3, -0.25) is 18.6 Å². The van der Waals surface area contributed by atoms with Crippen LogP contribution in [0.2, 0.25) is 0 Å². The number of ether oxygens (including phenoxy) is 2. The highest BCUT2D eigenvalue weighted by Gasteiger charge is 2.27. The lowest BCUT2D eigenvalue weighted by Gasteiger charge is -2.24. The maximum Gasteiger partial charge on any atom is 0.472 e. The zero-order valence-electron chi connectivity index (χ0n) is 40.2. The van der Waals surface area contributed by atoms with Crippen LogP contribution in [0.15, 0.2) is 12.2 Å². The van der Waals surface area contributed by atoms with Crippen LogP contribution in [0.25, 0.3) is 0 Å². The monoisotopic (exact) mass is 873 g/mol. The van der Waals surface area contributed by atoms with Gasteiger partial charge in [-0.2, -0.15) is 0 Å². The Hall–Kier alpha value is -1.25. The molecule has 0 radical (unpaired) electrons. The molecule has 0 spiro atoms. The molecule has 10 heteroatoms. The Kier molecular flexibility index (Phi) is 42.1. The van der Waals surface area contributed by atoms with Crippen molar-refractivity contribution < 1.29 is 42.1 Å². The molecule has 0 saturated heterocycles. The number of quaternary nitrogens is 1. The first kappa shape index (κ1) is 58.8. The minimum atomic E-state index is -4.38. The number of esters is 2. The smallest absolute Gasteiger partial charge is 0.462 e. The minimum absolute atomic E-state index is 0.0334. The van der Waals surface area contributed by atoms with E-state index in [0.717, 1.165) is 51.4 Å². The number of phosphoric ester groups is 1. The summed E-state index contributed by atoms with van der Waals surface area (Å²) in [6.45, 7) is 4.45. The van der Waals surface area contributed by atoms with Crippen molar-refractivity contribution in [3.63, 3.8) is 0 Å². The van der Waals surface area contributed by atoms with Crippen LogP contribution in [0.5, 0.6) is 0 Å². The molecule has 2 atom stereocenters. The summed E-state index contributed by atoms with van der Waals surface area (Å²) in [6, 6.07) is 0. The van der Waals surface area contributed by atoms with Crippen LogP contribution in [0.4, 0.5) is 0 Å². The van der Waals surface area contributed by atoms with Gasteiger partial charge in [0.05, 0.1) is 27.7 Å². The molecule has 0 fully saturated rings. The summed E-state index contributed by atoms with van der Waals surface area (Å²) < 4.78 is 34.4. The van der Waals surface area contributed by atoms with Crippen molar-refractivity contribution in [3.8, 4) is 0 Å². The molecule has 0 aliphatic heterocycles. The second-order valence-corrected chi connectivity index (χ2v) is 20.0. The summed E-state index contributed by atoms with van der Waals surface area (Å²) in [6.07, 6.45) is 46.9. The molecular weight excluding hydrogens is 774 g/mol. The van der Waals surface area contributed by atoms with Gasteiger partial charge in [0.25, 0.3) is 0 Å². The third-order valence-electron chi connectivity index (χ3n) is 11.3. The topological polar surface area (TPSA) is 108 Å². The van der Waals surface area contributed by atoms with Gasteiger partial charge in [0.1, 0.15) is 19.8 Å². The molecule has 0 aliphatic carbocycles. The summed E-state index contributed by atoms with van der Waals surface area (Å²) >= 11 is 0. The van der Waals surface area contributed by atoms with Crippen molar-refractivity contribution in [1.29, 1.82) is 0 Å². The molecular formula is C50H99NO8P+. The van der Waals surface area contributed by atoms with Crippen molar-refractivity contribution in [2.45, 2.75) is 251 Å². The highest BCUT2D eigenvalue weighted by Crippen LogP contribution is 2.43. The van der Waals surface area contributed by atoms with Crippen LogP contribution in [-0.4, -0.2) is 74.9 Å². The Labute approximate surface area is 371 Å². The molecule has 0 aromatic carbocycles. The second kappa shape index (κ2) is 43.0. The Morgan fingerprint density at radius 2 is 0.850 bits per heavy atom. The standard InChI is InChI=1S/C50H98NO8P/c1-6-8-10-12-14-16-18-20-22-23-24-25-26-27-29-30-32-34-36-38-40-42-49(52)56-46-48(47-58-60(54,55)57-45-44-51(3,4)5)59-50(53)43-41-39-37-35-33-31-28-21-19-17-15-13-11-9-7-2/h21,28,48H,6-20,22-27,29-47H2,1-5H3/p+1/b28-21-. The number of hydrogen-bond donors (Lipinski definition) is 1. The Morgan fingerprint density at radius 1 is 0.500 bits per heavy atom. The Bertz CT molecular complexity index is 1030. The van der Waals surface area contributed by atoms with E-state index in [1.165, 1.54) is 161 Å². The number of phosphoric acid groups is 1. The highest BCUT2D eigenvalue weighted by molar-refractivity contribution is 7.47. The average Bonchev–Trinajstić information content (AvgIpc) is 3.20. The van der Waals surface area contributed by atoms with Crippen molar-refractivity contribution in [2.24, 2.45) is 0 Å². The maximum absolute atomic E-state index is 12.7. The third kappa shape index (κ3) is 46.3. The fourth-order valence-electron chi connectivity index (χ4n) is 7.31. The lowest BCUT2D eigenvalue weighted by atomic mass is 10.0. The number of unbranched alkanes of at least 4 members (excludes halogenated alkanes) is 31. The van der Waals surface area contributed by atoms with E-state index in [2.05, 4.69) is 26.0 Å². The van der Waals surface area contributed by atoms with Gasteiger partial charge in [0, 0.05) is 12.8 Å². The average molecular weight is 873 g/mol. The van der Waals surface area contributed by atoms with Crippen LogP contribution in [0.1, 0.15) is 245 Å². The number of carbonyl (C=O) groups excluding carboxylic acids is 2. The highest BCUT2D eigenvalue weighted by atomic mass is 31.2. The number of carbonyl (C=O) groups is 2. The number of likely N-dealkylation sites (N-methyl/N-ethyl adjacent to an activating group) is 1. The first-order valence-corrected chi connectivity index (χ1v) is 26.9. The van der Waals surface area contributed by atoms with Gasteiger partial charge in [0.2, 0.25) is 0 Å². The number of nitrogens with zero attached hydrogens (tertiary/aromatic N) is 1. The van der Waals surface area contributed by atoms with Gasteiger partial charge in [0.15, 0.2) is 6.10 Å². The Balaban J connectivity index is 4.20. The molecule has 60 heavy (non-hydrogen) atoms. The first-order chi connectivity index (χ1) is 29.0. The van der Waals surface area contributed by atoms with Crippen LogP contribution >= 0.6 is 7.82 Å². The van der Waals surface area contributed by atoms with Gasteiger partial charge in [-0.15, -0.1) is 0 Å². The number of rotatable bonds is 47. The van der Waals surface area contributed by atoms with Gasteiger partial charge in [-0.25, -0.2) is 4.57 Å². The lowest BCUT2D eigenvalue weighted by molar-refractivity contribution is -0.870. The molecule has 0 heterocycles. The van der Waals surface area contributed by atoms with Crippen molar-refractivity contribution in [3.05, 3.63) is 12.2 Å². The molecule has 0 aromatic heterocycles. The van der Waals surface area contributed by atoms with E-state index in [9.17, 15) is 19.0 Å². The lowest BCUT2D eigenvalue weighted by Crippen LogP contribution is -2.37. The summed E-state index contributed by atoms with van der Waals surface area (Å²) in [5.74, 6) is -0.794. The van der Waals surface area contributed by atoms with E-state index in [4.69, 9.17) is 18.5 Å². The van der Waals surface area contributed by atoms with E-state index in [-0.39, 0.29) is 25.6 Å². The predicted octanol–water partition coefficient (Wildman–Crippen LogP) is 14.9. The SMILES string of the molecule is CCCCCCCC/C=C\CCCCCCCC(=O)OC(COC(=O)CCCCCCCCCCCCCCCCCCCCCCC)COP(=O)(O)OCC[N+](C)(C)C. The predicted molar refractivity (Wildman–Crippen MR) is 252 cm³/mol. The number of allylic oxidation sites excluding steroid dienone is 2. The van der Waals surface area contributed by atoms with Gasteiger partial charge in [-0.1, -0.05) is 206 Å². The van der Waals surface area contributed by atoms with E-state index in [1.807, 2.05) is 21.1 Å². The van der Waals surface area contributed by atoms with Crippen LogP contribution in [-0.2, 0) is 32.7 Å². The van der Waals surface area contributed by atoms with Gasteiger partial charge < -0.3 is 18.9 Å². The summed E-state index contributed by atoms with van der Waals surface area (Å²) in [4.78, 5) is 35.5. The first-order valence-electron chi connectivity index (χ1n) is 25.4. The van der Waals surface area contributed by atoms with E-state index >= 15 is 0 Å². The number of hydrogen-bond acceptors (Lipinski definition) is 7. The quantitative estimate of drug-likeness (QED) is 0.0212. The molecule has 1 N–H and O–H groups in total. The molecule has 0 amide bonds.